The number of ether oxygens (including phenoxy) is 2. The standard InChI is InChI=1S/C50H66FN7O6S2/c1-10-35-36-18-19-37(40-29-65-42(54-40)27-34(15-11-17-41(59)43-30(2)31(43)3)48(52)57-21-13-16-39(55-57)49(60)64-9)44(51)47(36)58(50(5,6)7)46(35)38-26-33(28-53-45(38)32(4)63-8)14-12-20-56-22-24-66(61,62)25-23-56/h18-19,26,28-32,34,39,43,52,55H,10-11,13,15-17,20-25,27H2,1-9H3/t30-,31+,32-,34-,39-,43?/m0/s1. The molecule has 66 heavy (non-hydrogen) atoms. The number of hydrazine groups is 1. The lowest BCUT2D eigenvalue weighted by atomic mass is 9.94. The Labute approximate surface area is 393 Å². The minimum Gasteiger partial charge on any atom is -0.468 e. The molecule has 13 nitrogen and oxygen atoms in total. The predicted octanol–water partition coefficient (Wildman–Crippen LogP) is 7.99. The van der Waals surface area contributed by atoms with Gasteiger partial charge in [-0.2, -0.15) is 0 Å². The number of hydrogen-bond acceptors (Lipinski definition) is 12. The van der Waals surface area contributed by atoms with E-state index in [0.29, 0.717) is 110 Å². The number of esters is 1. The summed E-state index contributed by atoms with van der Waals surface area (Å²) in [4.78, 5) is 37.5. The lowest BCUT2D eigenvalue weighted by molar-refractivity contribution is -0.145. The molecule has 2 saturated heterocycles. The summed E-state index contributed by atoms with van der Waals surface area (Å²) in [5.74, 6) is 7.28. The van der Waals surface area contributed by atoms with E-state index >= 15 is 4.39 Å². The molecule has 3 aromatic heterocycles. The van der Waals surface area contributed by atoms with Gasteiger partial charge < -0.3 is 14.0 Å². The summed E-state index contributed by atoms with van der Waals surface area (Å²) in [6.07, 6.45) is 5.42. The van der Waals surface area contributed by atoms with Crippen LogP contribution in [-0.4, -0.2) is 108 Å². The molecular weight excluding hydrogens is 878 g/mol. The molecule has 7 rings (SSSR count). The number of methoxy groups -OCH3 is 2. The van der Waals surface area contributed by atoms with Crippen molar-refractivity contribution in [3.05, 3.63) is 57.4 Å². The Morgan fingerprint density at radius 1 is 1.11 bits per heavy atom. The van der Waals surface area contributed by atoms with Crippen molar-refractivity contribution in [1.29, 1.82) is 5.41 Å². The fourth-order valence-electron chi connectivity index (χ4n) is 9.75. The Bertz CT molecular complexity index is 2620. The second-order valence-electron chi connectivity index (χ2n) is 19.3. The lowest BCUT2D eigenvalue weighted by Gasteiger charge is -2.36. The molecule has 2 aliphatic heterocycles. The number of sulfone groups is 1. The highest BCUT2D eigenvalue weighted by molar-refractivity contribution is 7.91. The van der Waals surface area contributed by atoms with E-state index in [9.17, 15) is 23.4 Å². The van der Waals surface area contributed by atoms with Crippen molar-refractivity contribution in [3.8, 4) is 34.4 Å². The molecule has 1 saturated carbocycles. The van der Waals surface area contributed by atoms with Crippen molar-refractivity contribution in [3.63, 3.8) is 0 Å². The number of nitrogens with zero attached hydrogens (tertiary/aromatic N) is 5. The summed E-state index contributed by atoms with van der Waals surface area (Å²) in [7, 11) is 0.0104. The van der Waals surface area contributed by atoms with E-state index in [1.54, 1.807) is 18.3 Å². The molecule has 0 radical (unpaired) electrons. The molecule has 3 fully saturated rings. The number of fused-ring (bicyclic) bond motifs is 1. The van der Waals surface area contributed by atoms with Crippen LogP contribution < -0.4 is 5.43 Å². The molecule has 2 N–H and O–H groups in total. The number of benzene rings is 1. The quantitative estimate of drug-likeness (QED) is 0.0515. The van der Waals surface area contributed by atoms with E-state index in [4.69, 9.17) is 19.4 Å². The Morgan fingerprint density at radius 2 is 1.83 bits per heavy atom. The van der Waals surface area contributed by atoms with E-state index in [-0.39, 0.29) is 47.0 Å². The second kappa shape index (κ2) is 20.4. The van der Waals surface area contributed by atoms with Crippen LogP contribution in [0.15, 0.2) is 29.8 Å². The number of aryl methyl sites for hydroxylation is 1. The van der Waals surface area contributed by atoms with Crippen molar-refractivity contribution in [2.24, 2.45) is 23.7 Å². The van der Waals surface area contributed by atoms with Gasteiger partial charge in [0.1, 0.15) is 17.7 Å². The highest BCUT2D eigenvalue weighted by Crippen LogP contribution is 2.47. The first-order chi connectivity index (χ1) is 31.4. The van der Waals surface area contributed by atoms with Crippen molar-refractivity contribution in [1.82, 2.24) is 29.9 Å². The van der Waals surface area contributed by atoms with E-state index < -0.39 is 21.4 Å². The normalized spacial score (nSPS) is 21.8. The van der Waals surface area contributed by atoms with Crippen LogP contribution in [-0.2, 0) is 47.3 Å². The summed E-state index contributed by atoms with van der Waals surface area (Å²) in [6, 6.07) is 5.27. The highest BCUT2D eigenvalue weighted by atomic mass is 32.2. The molecule has 6 atom stereocenters. The molecule has 1 aliphatic carbocycles. The summed E-state index contributed by atoms with van der Waals surface area (Å²) in [5.41, 5.74) is 7.99. The average Bonchev–Trinajstić information content (AvgIpc) is 3.57. The smallest absolute Gasteiger partial charge is 0.324 e. The number of amidine groups is 1. The Kier molecular flexibility index (Phi) is 15.2. The predicted molar refractivity (Wildman–Crippen MR) is 258 cm³/mol. The van der Waals surface area contributed by atoms with Gasteiger partial charge in [-0.05, 0) is 89.3 Å². The van der Waals surface area contributed by atoms with E-state index in [1.165, 1.54) is 18.4 Å². The molecule has 3 aliphatic rings. The SMILES string of the molecule is CCc1c(-c2cc(C#CCN3CCS(=O)(=O)CC3)cnc2[C@H](C)OC)n(C(C)(C)C)c2c(F)c(-c3csc(C[C@H](CCCC(=O)C4[C@@H](C)[C@H]4C)C(=N)N4CCC[C@@H](C(=O)OC)N4)n3)ccc12. The summed E-state index contributed by atoms with van der Waals surface area (Å²) in [6.45, 7) is 16.4. The molecule has 1 aromatic carbocycles. The maximum Gasteiger partial charge on any atom is 0.324 e. The third kappa shape index (κ3) is 10.6. The zero-order valence-electron chi connectivity index (χ0n) is 39.9. The molecule has 356 valence electrons. The second-order valence-corrected chi connectivity index (χ2v) is 22.5. The molecule has 0 bridgehead atoms. The Hall–Kier alpha value is -4.53. The van der Waals surface area contributed by atoms with E-state index in [0.717, 1.165) is 33.6 Å². The van der Waals surface area contributed by atoms with Gasteiger partial charge in [0.05, 0.1) is 58.9 Å². The number of carbonyl (C=O) groups excluding carboxylic acids is 2. The number of ketones is 1. The number of rotatable bonds is 15. The zero-order valence-corrected chi connectivity index (χ0v) is 41.6. The maximum absolute atomic E-state index is 17.6. The largest absolute Gasteiger partial charge is 0.468 e. The molecule has 0 amide bonds. The van der Waals surface area contributed by atoms with Crippen LogP contribution in [0.1, 0.15) is 109 Å². The van der Waals surface area contributed by atoms with Gasteiger partial charge in [-0.25, -0.2) is 23.2 Å². The molecule has 4 aromatic rings. The van der Waals surface area contributed by atoms with Gasteiger partial charge in [0, 0.05) is 90.6 Å². The number of aromatic nitrogens is 3. The van der Waals surface area contributed by atoms with Gasteiger partial charge in [0.25, 0.3) is 0 Å². The Balaban J connectivity index is 1.22. The average molecular weight is 944 g/mol. The maximum atomic E-state index is 17.6. The molecular formula is C50H66FN7O6S2. The highest BCUT2D eigenvalue weighted by Gasteiger charge is 2.47. The summed E-state index contributed by atoms with van der Waals surface area (Å²) < 4.78 is 54.5. The first-order valence-electron chi connectivity index (χ1n) is 23.4. The molecule has 16 heteroatoms. The summed E-state index contributed by atoms with van der Waals surface area (Å²) in [5, 5.41) is 14.5. The van der Waals surface area contributed by atoms with Crippen LogP contribution in [0.25, 0.3) is 33.4 Å². The van der Waals surface area contributed by atoms with Crippen LogP contribution in [0, 0.1) is 46.7 Å². The fourth-order valence-corrected chi connectivity index (χ4v) is 11.9. The minimum atomic E-state index is -3.00. The number of carbonyl (C=O) groups is 2. The zero-order chi connectivity index (χ0) is 47.7. The molecule has 0 spiro atoms. The van der Waals surface area contributed by atoms with Crippen LogP contribution in [0.3, 0.4) is 0 Å². The number of hydrogen-bond donors (Lipinski definition) is 2. The number of Topliss-reactive ketones (excluding diaryl/α,β-unsaturated/α-hetero) is 1. The van der Waals surface area contributed by atoms with Crippen LogP contribution >= 0.6 is 11.3 Å². The number of nitrogens with one attached hydrogen (secondary N) is 2. The van der Waals surface area contributed by atoms with Gasteiger partial charge in [0.15, 0.2) is 15.7 Å². The number of halogens is 1. The van der Waals surface area contributed by atoms with Gasteiger partial charge in [-0.3, -0.25) is 29.9 Å². The van der Waals surface area contributed by atoms with E-state index in [1.807, 2.05) is 35.4 Å². The van der Waals surface area contributed by atoms with Crippen molar-refractivity contribution in [2.45, 2.75) is 111 Å². The van der Waals surface area contributed by atoms with Crippen molar-refractivity contribution >= 4 is 49.7 Å². The topological polar surface area (TPSA) is 160 Å². The molecule has 1 unspecified atom stereocenters. The van der Waals surface area contributed by atoms with Crippen molar-refractivity contribution in [2.75, 3.05) is 51.9 Å². The first kappa shape index (κ1) is 49.4. The summed E-state index contributed by atoms with van der Waals surface area (Å²) >= 11 is 1.43. The van der Waals surface area contributed by atoms with E-state index in [2.05, 4.69) is 63.4 Å². The number of thiazole rings is 1. The lowest BCUT2D eigenvalue weighted by Crippen LogP contribution is -2.56. The minimum absolute atomic E-state index is 0.115. The Morgan fingerprint density at radius 3 is 2.48 bits per heavy atom. The van der Waals surface area contributed by atoms with Crippen LogP contribution in [0.5, 0.6) is 0 Å². The van der Waals surface area contributed by atoms with Gasteiger partial charge in [0.2, 0.25) is 0 Å². The van der Waals surface area contributed by atoms with Gasteiger partial charge in [-0.1, -0.05) is 38.7 Å². The van der Waals surface area contributed by atoms with Gasteiger partial charge in [-0.15, -0.1) is 11.3 Å². The van der Waals surface area contributed by atoms with Crippen LogP contribution in [0.4, 0.5) is 4.39 Å². The molecule has 5 heterocycles. The first-order valence-corrected chi connectivity index (χ1v) is 26.1. The van der Waals surface area contributed by atoms with Gasteiger partial charge >= 0.3 is 5.97 Å². The van der Waals surface area contributed by atoms with Crippen LogP contribution in [0.2, 0.25) is 0 Å². The third-order valence-electron chi connectivity index (χ3n) is 13.9. The number of pyridine rings is 1. The third-order valence-corrected chi connectivity index (χ3v) is 16.3. The fraction of sp³-hybridized carbons (Fsp3) is 0.580. The monoisotopic (exact) mass is 943 g/mol. The van der Waals surface area contributed by atoms with Crippen molar-refractivity contribution < 1.29 is 31.9 Å².